The Morgan fingerprint density at radius 1 is 1.03 bits per heavy atom. The standard InChI is InChI=1S/C26H28ClF3N6O2/c1-33(2)18-7-8-20-19(13-18)23(32-25(31-20)26(28,29)30)36-14-21(22(37)15-36)34-9-11-35(12-10-34)24(38)16-3-5-17(27)6-4-16/h3-8,13,21-22,37H,9-12,14-15H2,1-2H3. The lowest BCUT2D eigenvalue weighted by atomic mass is 10.1. The number of carbonyl (C=O) groups excluding carboxylic acids is 1. The Bertz CT molecular complexity index is 1330. The van der Waals surface area contributed by atoms with Crippen LogP contribution in [0.5, 0.6) is 0 Å². The Balaban J connectivity index is 1.35. The fourth-order valence-electron chi connectivity index (χ4n) is 5.08. The van der Waals surface area contributed by atoms with E-state index in [9.17, 15) is 23.1 Å². The predicted molar refractivity (Wildman–Crippen MR) is 140 cm³/mol. The molecule has 1 amide bonds. The second-order valence-electron chi connectivity index (χ2n) is 9.84. The maximum absolute atomic E-state index is 13.6. The number of amides is 1. The van der Waals surface area contributed by atoms with Crippen LogP contribution in [0.3, 0.4) is 0 Å². The number of aliphatic hydroxyl groups excluding tert-OH is 1. The number of hydrogen-bond acceptors (Lipinski definition) is 7. The summed E-state index contributed by atoms with van der Waals surface area (Å²) in [7, 11) is 3.69. The number of fused-ring (bicyclic) bond motifs is 1. The van der Waals surface area contributed by atoms with Crippen LogP contribution in [0.15, 0.2) is 42.5 Å². The van der Waals surface area contributed by atoms with Crippen molar-refractivity contribution in [3.05, 3.63) is 58.9 Å². The number of nitrogens with zero attached hydrogens (tertiary/aromatic N) is 6. The Kier molecular flexibility index (Phi) is 7.10. The minimum atomic E-state index is -4.70. The van der Waals surface area contributed by atoms with Crippen LogP contribution in [0, 0.1) is 0 Å². The molecule has 0 aliphatic carbocycles. The summed E-state index contributed by atoms with van der Waals surface area (Å²) in [6.45, 7) is 2.49. The van der Waals surface area contributed by atoms with E-state index in [-0.39, 0.29) is 29.8 Å². The number of rotatable bonds is 4. The van der Waals surface area contributed by atoms with Crippen molar-refractivity contribution < 1.29 is 23.1 Å². The van der Waals surface area contributed by atoms with Gasteiger partial charge in [-0.2, -0.15) is 13.2 Å². The molecule has 2 aliphatic rings. The first-order chi connectivity index (χ1) is 18.0. The highest BCUT2D eigenvalue weighted by Gasteiger charge is 2.40. The summed E-state index contributed by atoms with van der Waals surface area (Å²) in [5.74, 6) is -1.13. The van der Waals surface area contributed by atoms with E-state index in [1.807, 2.05) is 19.0 Å². The van der Waals surface area contributed by atoms with Crippen LogP contribution >= 0.6 is 11.6 Å². The Hall–Kier alpha value is -3.15. The van der Waals surface area contributed by atoms with Crippen molar-refractivity contribution in [3.63, 3.8) is 0 Å². The van der Waals surface area contributed by atoms with Crippen LogP contribution in [0.2, 0.25) is 5.02 Å². The fourth-order valence-corrected chi connectivity index (χ4v) is 5.21. The van der Waals surface area contributed by atoms with Gasteiger partial charge in [-0.1, -0.05) is 11.6 Å². The number of halogens is 4. The van der Waals surface area contributed by atoms with Gasteiger partial charge in [0, 0.05) is 75.0 Å². The molecule has 0 radical (unpaired) electrons. The lowest BCUT2D eigenvalue weighted by Gasteiger charge is -2.38. The third-order valence-electron chi connectivity index (χ3n) is 7.15. The first-order valence-corrected chi connectivity index (χ1v) is 12.7. The molecule has 2 aliphatic heterocycles. The Morgan fingerprint density at radius 2 is 1.71 bits per heavy atom. The van der Waals surface area contributed by atoms with E-state index in [2.05, 4.69) is 14.9 Å². The normalized spacial score (nSPS) is 20.8. The maximum atomic E-state index is 13.6. The van der Waals surface area contributed by atoms with E-state index in [4.69, 9.17) is 11.6 Å². The van der Waals surface area contributed by atoms with Gasteiger partial charge in [0.15, 0.2) is 0 Å². The number of piperazine rings is 1. The van der Waals surface area contributed by atoms with Gasteiger partial charge < -0.3 is 19.8 Å². The number of β-amino-alcohol motifs (C(OH)–C–C–N with tert-alkyl or cyclic N) is 1. The molecule has 3 heterocycles. The number of benzene rings is 2. The quantitative estimate of drug-likeness (QED) is 0.536. The van der Waals surface area contributed by atoms with Gasteiger partial charge in [-0.3, -0.25) is 9.69 Å². The Labute approximate surface area is 223 Å². The number of hydrogen-bond donors (Lipinski definition) is 1. The second-order valence-corrected chi connectivity index (χ2v) is 10.3. The van der Waals surface area contributed by atoms with E-state index in [1.54, 1.807) is 52.3 Å². The van der Waals surface area contributed by atoms with Gasteiger partial charge in [0.05, 0.1) is 17.7 Å². The van der Waals surface area contributed by atoms with E-state index in [0.717, 1.165) is 5.69 Å². The van der Waals surface area contributed by atoms with Gasteiger partial charge in [-0.15, -0.1) is 0 Å². The molecule has 2 fully saturated rings. The maximum Gasteiger partial charge on any atom is 0.451 e. The van der Waals surface area contributed by atoms with Crippen molar-refractivity contribution in [1.29, 1.82) is 0 Å². The van der Waals surface area contributed by atoms with Crippen molar-refractivity contribution in [1.82, 2.24) is 19.8 Å². The van der Waals surface area contributed by atoms with Gasteiger partial charge in [0.1, 0.15) is 5.82 Å². The average molecular weight is 549 g/mol. The predicted octanol–water partition coefficient (Wildman–Crippen LogP) is 3.38. The van der Waals surface area contributed by atoms with Gasteiger partial charge in [-0.25, -0.2) is 9.97 Å². The molecule has 0 saturated carbocycles. The summed E-state index contributed by atoms with van der Waals surface area (Å²) in [4.78, 5) is 27.9. The highest BCUT2D eigenvalue weighted by molar-refractivity contribution is 6.30. The SMILES string of the molecule is CN(C)c1ccc2nc(C(F)(F)F)nc(N3CC(O)C(N4CCN(C(=O)c5ccc(Cl)cc5)CC4)C3)c2c1. The zero-order chi connectivity index (χ0) is 27.2. The van der Waals surface area contributed by atoms with Crippen molar-refractivity contribution in [2.45, 2.75) is 18.3 Å². The zero-order valence-electron chi connectivity index (χ0n) is 21.0. The molecule has 2 atom stereocenters. The molecule has 202 valence electrons. The highest BCUT2D eigenvalue weighted by atomic mass is 35.5. The molecule has 2 aromatic carbocycles. The minimum Gasteiger partial charge on any atom is -0.390 e. The summed E-state index contributed by atoms with van der Waals surface area (Å²) in [6, 6.07) is 11.5. The van der Waals surface area contributed by atoms with Gasteiger partial charge in [0.25, 0.3) is 5.91 Å². The fraction of sp³-hybridized carbons (Fsp3) is 0.423. The minimum absolute atomic E-state index is 0.0845. The molecule has 0 bridgehead atoms. The van der Waals surface area contributed by atoms with Crippen LogP contribution in [0.4, 0.5) is 24.7 Å². The summed E-state index contributed by atoms with van der Waals surface area (Å²) < 4.78 is 40.9. The molecule has 1 aromatic heterocycles. The molecule has 8 nitrogen and oxygen atoms in total. The lowest BCUT2D eigenvalue weighted by molar-refractivity contribution is -0.144. The third kappa shape index (κ3) is 5.23. The summed E-state index contributed by atoms with van der Waals surface area (Å²) in [5, 5.41) is 12.0. The third-order valence-corrected chi connectivity index (χ3v) is 7.40. The van der Waals surface area contributed by atoms with Crippen LogP contribution in [-0.4, -0.2) is 96.3 Å². The van der Waals surface area contributed by atoms with Gasteiger partial charge in [0.2, 0.25) is 5.82 Å². The summed E-state index contributed by atoms with van der Waals surface area (Å²) in [5.41, 5.74) is 1.56. The smallest absolute Gasteiger partial charge is 0.390 e. The van der Waals surface area contributed by atoms with Crippen LogP contribution in [-0.2, 0) is 6.18 Å². The van der Waals surface area contributed by atoms with E-state index in [1.165, 1.54) is 0 Å². The molecular weight excluding hydrogens is 521 g/mol. The largest absolute Gasteiger partial charge is 0.451 e. The van der Waals surface area contributed by atoms with E-state index < -0.39 is 18.1 Å². The second kappa shape index (κ2) is 10.2. The monoisotopic (exact) mass is 548 g/mol. The molecule has 3 aromatic rings. The number of carbonyl (C=O) groups is 1. The number of anilines is 2. The van der Waals surface area contributed by atoms with Crippen molar-refractivity contribution in [3.8, 4) is 0 Å². The number of aromatic nitrogens is 2. The molecule has 5 rings (SSSR count). The van der Waals surface area contributed by atoms with Crippen molar-refractivity contribution in [2.75, 3.05) is 63.2 Å². The van der Waals surface area contributed by atoms with Gasteiger partial charge in [-0.05, 0) is 42.5 Å². The average Bonchev–Trinajstić information content (AvgIpc) is 3.28. The highest BCUT2D eigenvalue weighted by Crippen LogP contribution is 2.35. The first-order valence-electron chi connectivity index (χ1n) is 12.3. The summed E-state index contributed by atoms with van der Waals surface area (Å²) >= 11 is 5.92. The summed E-state index contributed by atoms with van der Waals surface area (Å²) in [6.07, 6.45) is -5.49. The van der Waals surface area contributed by atoms with Crippen molar-refractivity contribution in [2.24, 2.45) is 0 Å². The molecule has 1 N–H and O–H groups in total. The molecule has 12 heteroatoms. The molecule has 0 spiro atoms. The van der Waals surface area contributed by atoms with Crippen LogP contribution < -0.4 is 9.80 Å². The molecule has 38 heavy (non-hydrogen) atoms. The molecule has 2 saturated heterocycles. The van der Waals surface area contributed by atoms with Crippen LogP contribution in [0.1, 0.15) is 16.2 Å². The van der Waals surface area contributed by atoms with E-state index >= 15 is 0 Å². The zero-order valence-corrected chi connectivity index (χ0v) is 21.7. The molecular formula is C26H28ClF3N6O2. The van der Waals surface area contributed by atoms with E-state index in [0.29, 0.717) is 48.7 Å². The van der Waals surface area contributed by atoms with Crippen molar-refractivity contribution >= 4 is 39.9 Å². The number of alkyl halides is 3. The van der Waals surface area contributed by atoms with Crippen LogP contribution in [0.25, 0.3) is 10.9 Å². The molecule has 2 unspecified atom stereocenters. The number of aliphatic hydroxyl groups is 1. The lowest BCUT2D eigenvalue weighted by Crippen LogP contribution is -2.54. The first kappa shape index (κ1) is 26.5. The Morgan fingerprint density at radius 3 is 2.34 bits per heavy atom. The van der Waals surface area contributed by atoms with Gasteiger partial charge >= 0.3 is 6.18 Å². The topological polar surface area (TPSA) is 76.0 Å².